The lowest BCUT2D eigenvalue weighted by atomic mass is 10.0. The molecule has 0 saturated carbocycles. The van der Waals surface area contributed by atoms with E-state index < -0.39 is 0 Å². The lowest BCUT2D eigenvalue weighted by Gasteiger charge is -2.30. The van der Waals surface area contributed by atoms with E-state index in [1.165, 1.54) is 395 Å². The van der Waals surface area contributed by atoms with Gasteiger partial charge < -0.3 is 33.8 Å². The van der Waals surface area contributed by atoms with Gasteiger partial charge in [0.25, 0.3) is 0 Å². The van der Waals surface area contributed by atoms with Crippen molar-refractivity contribution in [3.8, 4) is 0 Å². The topological polar surface area (TPSA) is 0 Å². The molecule has 2 nitrogen and oxygen atoms in total. The Morgan fingerprint density at radius 1 is 0.139 bits per heavy atom. The lowest BCUT2D eigenvalue weighted by molar-refractivity contribution is -0.890. The fourth-order valence-corrected chi connectivity index (χ4v) is 11.2. The van der Waals surface area contributed by atoms with Crippen LogP contribution in [0.4, 0.5) is 0 Å². The summed E-state index contributed by atoms with van der Waals surface area (Å²) < 4.78 is 2.49. The van der Waals surface area contributed by atoms with E-state index in [0.717, 1.165) is 0 Å². The summed E-state index contributed by atoms with van der Waals surface area (Å²) in [6, 6.07) is 0. The van der Waals surface area contributed by atoms with Gasteiger partial charge in [0.2, 0.25) is 0 Å². The van der Waals surface area contributed by atoms with Gasteiger partial charge in [-0.2, -0.15) is 0 Å². The molecule has 72 heavy (non-hydrogen) atoms. The zero-order chi connectivity index (χ0) is 51.4. The van der Waals surface area contributed by atoms with Gasteiger partial charge in [-0.05, 0) is 51.4 Å². The highest BCUT2D eigenvalue weighted by molar-refractivity contribution is 4.54. The molecule has 0 unspecified atom stereocenters. The second kappa shape index (κ2) is 67.6. The molecule has 0 atom stereocenters. The molecule has 0 aromatic heterocycles. The summed E-state index contributed by atoms with van der Waals surface area (Å²) >= 11 is 0. The smallest absolute Gasteiger partial charge is 0.0782 e. The standard InChI is InChI=1S/2C34H72N.2ClH/c2*1-5-7-9-11-13-15-17-19-21-23-25-27-29-31-33-35(3,4)34-32-30-28-26-24-22-20-18-16-14-12-10-8-6-2;;/h2*5-34H2,1-4H3;2*1H/q2*+1;;/p-2. The van der Waals surface area contributed by atoms with Crippen LogP contribution in [0, 0.1) is 0 Å². The van der Waals surface area contributed by atoms with Crippen molar-refractivity contribution in [2.24, 2.45) is 0 Å². The van der Waals surface area contributed by atoms with Crippen molar-refractivity contribution >= 4 is 0 Å². The summed E-state index contributed by atoms with van der Waals surface area (Å²) in [6.45, 7) is 14.8. The Bertz CT molecular complexity index is 767. The normalized spacial score (nSPS) is 11.7. The van der Waals surface area contributed by atoms with Gasteiger partial charge in [0.1, 0.15) is 0 Å². The number of hydrogen-bond acceptors (Lipinski definition) is 0. The van der Waals surface area contributed by atoms with Crippen molar-refractivity contribution in [1.29, 1.82) is 0 Å². The molecule has 0 aromatic carbocycles. The minimum absolute atomic E-state index is 0. The van der Waals surface area contributed by atoms with Crippen molar-refractivity contribution in [2.45, 2.75) is 387 Å². The first kappa shape index (κ1) is 79.0. The third-order valence-electron chi connectivity index (χ3n) is 16.5. The minimum atomic E-state index is 0. The Morgan fingerprint density at radius 2 is 0.222 bits per heavy atom. The second-order valence-electron chi connectivity index (χ2n) is 25.2. The summed E-state index contributed by atoms with van der Waals surface area (Å²) in [5.41, 5.74) is 0. The van der Waals surface area contributed by atoms with Crippen LogP contribution in [-0.2, 0) is 0 Å². The van der Waals surface area contributed by atoms with E-state index in [1.54, 1.807) is 0 Å². The summed E-state index contributed by atoms with van der Waals surface area (Å²) in [5, 5.41) is 0. The highest BCUT2D eigenvalue weighted by atomic mass is 35.5. The van der Waals surface area contributed by atoms with Crippen LogP contribution in [0.15, 0.2) is 0 Å². The number of unbranched alkanes of at least 4 members (excludes halogenated alkanes) is 52. The zero-order valence-electron chi connectivity index (χ0n) is 52.1. The summed E-state index contributed by atoms with van der Waals surface area (Å²) in [6.07, 6.45) is 81.9. The van der Waals surface area contributed by atoms with Crippen LogP contribution in [0.5, 0.6) is 0 Å². The number of nitrogens with zero attached hydrogens (tertiary/aromatic N) is 2. The molecule has 0 aliphatic carbocycles. The molecule has 0 N–H and O–H groups in total. The van der Waals surface area contributed by atoms with E-state index in [4.69, 9.17) is 0 Å². The molecule has 440 valence electrons. The highest BCUT2D eigenvalue weighted by Gasteiger charge is 2.15. The Labute approximate surface area is 472 Å². The molecular weight excluding hydrogens is 916 g/mol. The van der Waals surface area contributed by atoms with E-state index in [-0.39, 0.29) is 24.8 Å². The maximum Gasteiger partial charge on any atom is 0.0782 e. The molecule has 0 fully saturated rings. The van der Waals surface area contributed by atoms with Gasteiger partial charge in [0.05, 0.1) is 54.4 Å². The number of rotatable bonds is 60. The van der Waals surface area contributed by atoms with Crippen molar-refractivity contribution in [1.82, 2.24) is 0 Å². The van der Waals surface area contributed by atoms with Gasteiger partial charge in [0.15, 0.2) is 0 Å². The zero-order valence-corrected chi connectivity index (χ0v) is 53.6. The van der Waals surface area contributed by atoms with Gasteiger partial charge in [-0.3, -0.25) is 0 Å². The third-order valence-corrected chi connectivity index (χ3v) is 16.5. The molecule has 0 saturated heterocycles. The molecule has 0 heterocycles. The predicted octanol–water partition coefficient (Wildman–Crippen LogP) is 18.1. The van der Waals surface area contributed by atoms with Crippen molar-refractivity contribution in [3.05, 3.63) is 0 Å². The van der Waals surface area contributed by atoms with Gasteiger partial charge in [0, 0.05) is 0 Å². The first-order chi connectivity index (χ1) is 34.2. The van der Waals surface area contributed by atoms with E-state index in [1.807, 2.05) is 0 Å². The van der Waals surface area contributed by atoms with E-state index in [0.29, 0.717) is 0 Å². The molecule has 0 spiro atoms. The molecule has 0 amide bonds. The summed E-state index contributed by atoms with van der Waals surface area (Å²) in [5.74, 6) is 0. The number of quaternary nitrogens is 2. The average Bonchev–Trinajstić information content (AvgIpc) is 3.34. The van der Waals surface area contributed by atoms with E-state index >= 15 is 0 Å². The Hall–Kier alpha value is 0.500. The molecule has 0 rings (SSSR count). The first-order valence-electron chi connectivity index (χ1n) is 33.9. The van der Waals surface area contributed by atoms with Gasteiger partial charge in [-0.15, -0.1) is 0 Å². The van der Waals surface area contributed by atoms with Gasteiger partial charge in [-0.1, -0.05) is 336 Å². The monoisotopic (exact) mass is 1060 g/mol. The fraction of sp³-hybridized carbons (Fsp3) is 1.00. The molecule has 0 aliphatic rings. The summed E-state index contributed by atoms with van der Waals surface area (Å²) in [7, 11) is 9.85. The Balaban J connectivity index is -0.000000625. The maximum absolute atomic E-state index is 2.46. The SMILES string of the molecule is CCCCCCCCCCCCCCCC[N+](C)(C)CCCCCCCCCCCCCCCC.CCCCCCCCCCCCCCCC[N+](C)(C)CCCCCCCCCCCCCCCC.[Cl-].[Cl-]. The minimum Gasteiger partial charge on any atom is -1.00 e. The van der Waals surface area contributed by atoms with E-state index in [2.05, 4.69) is 55.9 Å². The van der Waals surface area contributed by atoms with Crippen molar-refractivity contribution in [2.75, 3.05) is 54.4 Å². The quantitative estimate of drug-likeness (QED) is 0.0421. The first-order valence-corrected chi connectivity index (χ1v) is 33.9. The largest absolute Gasteiger partial charge is 1.00 e. The van der Waals surface area contributed by atoms with Crippen molar-refractivity contribution < 1.29 is 33.8 Å². The fourth-order valence-electron chi connectivity index (χ4n) is 11.2. The Kier molecular flexibility index (Phi) is 74.2. The highest BCUT2D eigenvalue weighted by Crippen LogP contribution is 2.19. The van der Waals surface area contributed by atoms with Crippen LogP contribution in [0.25, 0.3) is 0 Å². The predicted molar refractivity (Wildman–Crippen MR) is 325 cm³/mol. The molecule has 0 aromatic rings. The van der Waals surface area contributed by atoms with Gasteiger partial charge in [-0.25, -0.2) is 0 Å². The molecule has 4 heteroatoms. The molecular formula is C68H144Cl2N2. The van der Waals surface area contributed by atoms with Crippen LogP contribution in [-0.4, -0.2) is 63.3 Å². The summed E-state index contributed by atoms with van der Waals surface area (Å²) in [4.78, 5) is 0. The lowest BCUT2D eigenvalue weighted by Crippen LogP contribution is -3.00. The van der Waals surface area contributed by atoms with Crippen LogP contribution in [0.2, 0.25) is 0 Å². The van der Waals surface area contributed by atoms with Crippen LogP contribution < -0.4 is 24.8 Å². The Morgan fingerprint density at radius 3 is 0.319 bits per heavy atom. The number of halogens is 2. The molecule has 0 bridgehead atoms. The average molecular weight is 1060 g/mol. The third kappa shape index (κ3) is 72.6. The van der Waals surface area contributed by atoms with Crippen LogP contribution in [0.3, 0.4) is 0 Å². The van der Waals surface area contributed by atoms with Crippen LogP contribution in [0.1, 0.15) is 387 Å². The van der Waals surface area contributed by atoms with Gasteiger partial charge >= 0.3 is 0 Å². The van der Waals surface area contributed by atoms with Crippen LogP contribution >= 0.6 is 0 Å². The second-order valence-corrected chi connectivity index (χ2v) is 25.2. The molecule has 0 radical (unpaired) electrons. The maximum atomic E-state index is 2.46. The van der Waals surface area contributed by atoms with E-state index in [9.17, 15) is 0 Å². The van der Waals surface area contributed by atoms with Crippen molar-refractivity contribution in [3.63, 3.8) is 0 Å². The molecule has 0 aliphatic heterocycles. The number of hydrogen-bond donors (Lipinski definition) is 0.